The van der Waals surface area contributed by atoms with Crippen molar-refractivity contribution in [1.82, 2.24) is 0 Å². The van der Waals surface area contributed by atoms with Crippen LogP contribution in [-0.4, -0.2) is 6.61 Å². The summed E-state index contributed by atoms with van der Waals surface area (Å²) in [5.74, 6) is 14.1. The fourth-order valence-electron chi connectivity index (χ4n) is 3.39. The predicted octanol–water partition coefficient (Wildman–Crippen LogP) is 5.99. The molecule has 3 rings (SSSR count). The van der Waals surface area contributed by atoms with E-state index in [1.165, 1.54) is 0 Å². The lowest BCUT2D eigenvalue weighted by molar-refractivity contribution is 0.340. The first-order chi connectivity index (χ1) is 14.9. The van der Waals surface area contributed by atoms with Gasteiger partial charge >= 0.3 is 0 Å². The molecule has 0 atom stereocenters. The van der Waals surface area contributed by atoms with Gasteiger partial charge in [0.15, 0.2) is 0 Å². The molecule has 31 heavy (non-hydrogen) atoms. The largest absolute Gasteiger partial charge is 0.494 e. The third-order valence-corrected chi connectivity index (χ3v) is 5.47. The quantitative estimate of drug-likeness (QED) is 0.492. The maximum Gasteiger partial charge on any atom is 0.119 e. The molecule has 3 aromatic carbocycles. The fraction of sp³-hybridized carbons (Fsp3) is 0.207. The van der Waals surface area contributed by atoms with Crippen LogP contribution in [0.2, 0.25) is 0 Å². The Morgan fingerprint density at radius 3 is 1.39 bits per heavy atom. The predicted molar refractivity (Wildman–Crippen MR) is 126 cm³/mol. The first-order valence-corrected chi connectivity index (χ1v) is 10.3. The van der Waals surface area contributed by atoms with Crippen molar-refractivity contribution in [2.24, 2.45) is 0 Å². The van der Waals surface area contributed by atoms with Gasteiger partial charge in [0.25, 0.3) is 0 Å². The highest BCUT2D eigenvalue weighted by atomic mass is 16.5. The van der Waals surface area contributed by atoms with Crippen LogP contribution < -0.4 is 4.74 Å². The van der Waals surface area contributed by atoms with Crippen LogP contribution in [-0.2, 0) is 0 Å². The molecule has 0 radical (unpaired) electrons. The molecule has 0 bridgehead atoms. The molecule has 0 fully saturated rings. The average molecular weight is 404 g/mol. The van der Waals surface area contributed by atoms with E-state index in [2.05, 4.69) is 57.4 Å². The Bertz CT molecular complexity index is 1240. The van der Waals surface area contributed by atoms with E-state index in [1.807, 2.05) is 43.3 Å². The van der Waals surface area contributed by atoms with Gasteiger partial charge in [-0.2, -0.15) is 5.26 Å². The molecule has 0 unspecified atom stereocenters. The molecule has 0 saturated heterocycles. The molecule has 0 aliphatic rings. The zero-order valence-electron chi connectivity index (χ0n) is 18.7. The Labute approximate surface area is 185 Å². The second kappa shape index (κ2) is 9.71. The minimum atomic E-state index is 0.639. The Morgan fingerprint density at radius 1 is 0.613 bits per heavy atom. The van der Waals surface area contributed by atoms with Crippen LogP contribution in [0.1, 0.15) is 57.0 Å². The highest BCUT2D eigenvalue weighted by Gasteiger charge is 2.12. The third-order valence-electron chi connectivity index (χ3n) is 5.47. The summed E-state index contributed by atoms with van der Waals surface area (Å²) in [6.45, 7) is 11.1. The van der Waals surface area contributed by atoms with Crippen molar-refractivity contribution in [1.29, 1.82) is 5.26 Å². The highest BCUT2D eigenvalue weighted by Crippen LogP contribution is 2.26. The van der Waals surface area contributed by atoms with Crippen LogP contribution in [0.3, 0.4) is 0 Å². The minimum absolute atomic E-state index is 0.639. The minimum Gasteiger partial charge on any atom is -0.494 e. The van der Waals surface area contributed by atoms with Crippen LogP contribution in [0.4, 0.5) is 0 Å². The van der Waals surface area contributed by atoms with Crippen molar-refractivity contribution in [3.63, 3.8) is 0 Å². The number of ether oxygens (including phenoxy) is 1. The maximum absolute atomic E-state index is 8.94. The second-order valence-electron chi connectivity index (χ2n) is 7.40. The number of hydrogen-bond acceptors (Lipinski definition) is 2. The van der Waals surface area contributed by atoms with Gasteiger partial charge in [0, 0.05) is 22.3 Å². The first kappa shape index (κ1) is 21.8. The van der Waals surface area contributed by atoms with Gasteiger partial charge in [0.2, 0.25) is 0 Å². The van der Waals surface area contributed by atoms with Crippen LogP contribution in [0.25, 0.3) is 0 Å². The van der Waals surface area contributed by atoms with Crippen molar-refractivity contribution in [2.75, 3.05) is 6.61 Å². The van der Waals surface area contributed by atoms with Gasteiger partial charge in [-0.05, 0) is 105 Å². The second-order valence-corrected chi connectivity index (χ2v) is 7.40. The van der Waals surface area contributed by atoms with E-state index in [4.69, 9.17) is 10.00 Å². The van der Waals surface area contributed by atoms with Gasteiger partial charge < -0.3 is 4.74 Å². The number of benzene rings is 3. The Hall–Kier alpha value is -3.93. The molecular formula is C29H25NO. The van der Waals surface area contributed by atoms with Crippen molar-refractivity contribution in [3.05, 3.63) is 98.6 Å². The molecule has 0 aromatic heterocycles. The molecular weight excluding hydrogens is 378 g/mol. The Morgan fingerprint density at radius 2 is 1.00 bits per heavy atom. The summed E-state index contributed by atoms with van der Waals surface area (Å²) >= 11 is 0. The summed E-state index contributed by atoms with van der Waals surface area (Å²) in [6, 6.07) is 17.3. The van der Waals surface area contributed by atoms with Gasteiger partial charge in [-0.15, -0.1) is 0 Å². The molecule has 0 spiro atoms. The average Bonchev–Trinajstić information content (AvgIpc) is 2.79. The molecule has 2 nitrogen and oxygen atoms in total. The van der Waals surface area contributed by atoms with Gasteiger partial charge in [0.05, 0.1) is 18.2 Å². The van der Waals surface area contributed by atoms with E-state index < -0.39 is 0 Å². The van der Waals surface area contributed by atoms with Crippen molar-refractivity contribution in [2.45, 2.75) is 34.6 Å². The summed E-state index contributed by atoms with van der Waals surface area (Å²) < 4.78 is 5.50. The zero-order chi connectivity index (χ0) is 22.4. The molecule has 0 heterocycles. The van der Waals surface area contributed by atoms with Gasteiger partial charge in [-0.1, -0.05) is 23.7 Å². The summed E-state index contributed by atoms with van der Waals surface area (Å²) in [6.07, 6.45) is 0. The third kappa shape index (κ3) is 4.98. The van der Waals surface area contributed by atoms with E-state index in [-0.39, 0.29) is 0 Å². The summed E-state index contributed by atoms with van der Waals surface area (Å²) in [5, 5.41) is 8.94. The monoisotopic (exact) mass is 403 g/mol. The van der Waals surface area contributed by atoms with E-state index in [0.29, 0.717) is 12.2 Å². The first-order valence-electron chi connectivity index (χ1n) is 10.3. The molecule has 0 N–H and O–H groups in total. The molecule has 0 saturated carbocycles. The van der Waals surface area contributed by atoms with Gasteiger partial charge in [-0.25, -0.2) is 0 Å². The molecule has 3 aromatic rings. The van der Waals surface area contributed by atoms with Crippen LogP contribution >= 0.6 is 0 Å². The maximum atomic E-state index is 8.94. The summed E-state index contributed by atoms with van der Waals surface area (Å²) in [4.78, 5) is 0. The van der Waals surface area contributed by atoms with Crippen LogP contribution in [0.15, 0.2) is 48.5 Å². The summed E-state index contributed by atoms with van der Waals surface area (Å²) in [7, 11) is 0. The zero-order valence-corrected chi connectivity index (χ0v) is 18.7. The van der Waals surface area contributed by atoms with Crippen LogP contribution in [0, 0.1) is 62.7 Å². The van der Waals surface area contributed by atoms with E-state index in [9.17, 15) is 0 Å². The number of rotatable bonds is 2. The standard InChI is InChI=1S/C29H25NO/c1-6-31-27-15-11-25(12-16-27)14-18-29-22(4)20(2)28(21(3)23(29)5)17-13-24-7-9-26(19-30)10-8-24/h7-12,15-16H,6H2,1-5H3. The molecule has 2 heteroatoms. The SMILES string of the molecule is CCOc1ccc(C#Cc2c(C)c(C)c(C#Cc3ccc(C#N)cc3)c(C)c2C)cc1. The lowest BCUT2D eigenvalue weighted by atomic mass is 9.89. The normalized spacial score (nSPS) is 9.68. The van der Waals surface area contributed by atoms with Gasteiger partial charge in [0.1, 0.15) is 5.75 Å². The van der Waals surface area contributed by atoms with Crippen molar-refractivity contribution < 1.29 is 4.74 Å². The van der Waals surface area contributed by atoms with Gasteiger partial charge in [-0.3, -0.25) is 0 Å². The topological polar surface area (TPSA) is 33.0 Å². The number of nitrogens with zero attached hydrogens (tertiary/aromatic N) is 1. The Balaban J connectivity index is 1.96. The fourth-order valence-corrected chi connectivity index (χ4v) is 3.39. The van der Waals surface area contributed by atoms with E-state index in [1.54, 1.807) is 12.1 Å². The van der Waals surface area contributed by atoms with E-state index in [0.717, 1.165) is 50.3 Å². The summed E-state index contributed by atoms with van der Waals surface area (Å²) in [5.41, 5.74) is 9.23. The number of hydrogen-bond donors (Lipinski definition) is 0. The van der Waals surface area contributed by atoms with Crippen LogP contribution in [0.5, 0.6) is 5.75 Å². The lowest BCUT2D eigenvalue weighted by Gasteiger charge is -2.14. The smallest absolute Gasteiger partial charge is 0.119 e. The van der Waals surface area contributed by atoms with E-state index >= 15 is 0 Å². The number of nitriles is 1. The Kier molecular flexibility index (Phi) is 6.82. The highest BCUT2D eigenvalue weighted by molar-refractivity contribution is 5.62. The van der Waals surface area contributed by atoms with Crippen molar-refractivity contribution in [3.8, 4) is 35.5 Å². The lowest BCUT2D eigenvalue weighted by Crippen LogP contribution is -2.01. The molecule has 0 amide bonds. The molecule has 0 aliphatic carbocycles. The van der Waals surface area contributed by atoms with Crippen molar-refractivity contribution >= 4 is 0 Å². The molecule has 0 aliphatic heterocycles. The molecule has 152 valence electrons.